The van der Waals surface area contributed by atoms with Gasteiger partial charge in [-0.25, -0.2) is 0 Å². The largest absolute Gasteiger partial charge is 0.497 e. The van der Waals surface area contributed by atoms with Crippen LogP contribution in [-0.2, 0) is 0 Å². The summed E-state index contributed by atoms with van der Waals surface area (Å²) in [4.78, 5) is 4.52. The summed E-state index contributed by atoms with van der Waals surface area (Å²) in [6, 6.07) is 10.3. The molecule has 0 aliphatic carbocycles. The summed E-state index contributed by atoms with van der Waals surface area (Å²) < 4.78 is 6.26. The molecule has 20 heavy (non-hydrogen) atoms. The molecule has 1 heterocycles. The van der Waals surface area contributed by atoms with Gasteiger partial charge in [-0.15, -0.1) is 0 Å². The molecule has 0 spiro atoms. The van der Waals surface area contributed by atoms with Gasteiger partial charge in [-0.2, -0.15) is 0 Å². The number of aromatic nitrogens is 1. The van der Waals surface area contributed by atoms with Gasteiger partial charge in [0.1, 0.15) is 5.75 Å². The van der Waals surface area contributed by atoms with E-state index >= 15 is 0 Å². The van der Waals surface area contributed by atoms with Crippen molar-refractivity contribution in [3.8, 4) is 5.75 Å². The maximum atomic E-state index is 5.27. The second-order valence-electron chi connectivity index (χ2n) is 4.61. The van der Waals surface area contributed by atoms with Crippen LogP contribution in [0.2, 0.25) is 0 Å². The Balaban J connectivity index is 2.40. The zero-order valence-corrected chi connectivity index (χ0v) is 13.6. The monoisotopic (exact) mass is 334 g/mol. The van der Waals surface area contributed by atoms with Crippen LogP contribution in [0.5, 0.6) is 5.75 Å². The Morgan fingerprint density at radius 2 is 2.10 bits per heavy atom. The third-order valence-corrected chi connectivity index (χ3v) is 3.71. The Kier molecular flexibility index (Phi) is 5.15. The molecule has 1 aromatic heterocycles. The number of ether oxygens (including phenoxy) is 1. The molecule has 1 atom stereocenters. The molecule has 2 aromatic rings. The SMILES string of the molecule is CCNC(c1ccc(Br)cn1)c1ccc(OC)cc1C. The van der Waals surface area contributed by atoms with Gasteiger partial charge in [0.15, 0.2) is 0 Å². The Hall–Kier alpha value is -1.39. The van der Waals surface area contributed by atoms with Gasteiger partial charge in [0.05, 0.1) is 18.8 Å². The van der Waals surface area contributed by atoms with Crippen LogP contribution in [0.25, 0.3) is 0 Å². The number of nitrogens with one attached hydrogen (secondary N) is 1. The fraction of sp³-hybridized carbons (Fsp3) is 0.312. The average molecular weight is 335 g/mol. The zero-order valence-electron chi connectivity index (χ0n) is 12.0. The second kappa shape index (κ2) is 6.86. The fourth-order valence-electron chi connectivity index (χ4n) is 2.24. The van der Waals surface area contributed by atoms with Crippen LogP contribution in [0.15, 0.2) is 41.0 Å². The van der Waals surface area contributed by atoms with E-state index in [1.807, 2.05) is 24.4 Å². The summed E-state index contributed by atoms with van der Waals surface area (Å²) in [5.74, 6) is 0.880. The number of rotatable bonds is 5. The second-order valence-corrected chi connectivity index (χ2v) is 5.53. The smallest absolute Gasteiger partial charge is 0.119 e. The van der Waals surface area contributed by atoms with Crippen molar-refractivity contribution in [3.63, 3.8) is 0 Å². The van der Waals surface area contributed by atoms with Crippen molar-refractivity contribution in [3.05, 3.63) is 57.8 Å². The molecule has 0 amide bonds. The van der Waals surface area contributed by atoms with Crippen molar-refractivity contribution in [2.24, 2.45) is 0 Å². The van der Waals surface area contributed by atoms with Crippen LogP contribution >= 0.6 is 15.9 Å². The summed E-state index contributed by atoms with van der Waals surface area (Å²) in [5, 5.41) is 3.49. The van der Waals surface area contributed by atoms with Crippen molar-refractivity contribution in [1.82, 2.24) is 10.3 Å². The highest BCUT2D eigenvalue weighted by atomic mass is 79.9. The maximum Gasteiger partial charge on any atom is 0.119 e. The average Bonchev–Trinajstić information content (AvgIpc) is 2.46. The topological polar surface area (TPSA) is 34.2 Å². The number of hydrogen-bond acceptors (Lipinski definition) is 3. The molecular weight excluding hydrogens is 316 g/mol. The van der Waals surface area contributed by atoms with Crippen LogP contribution in [0, 0.1) is 6.92 Å². The molecule has 0 saturated carbocycles. The Labute approximate surface area is 128 Å². The van der Waals surface area contributed by atoms with E-state index < -0.39 is 0 Å². The molecule has 0 aliphatic heterocycles. The lowest BCUT2D eigenvalue weighted by Gasteiger charge is -2.20. The fourth-order valence-corrected chi connectivity index (χ4v) is 2.47. The first kappa shape index (κ1) is 15.0. The third-order valence-electron chi connectivity index (χ3n) is 3.24. The first-order chi connectivity index (χ1) is 9.65. The molecule has 4 heteroatoms. The predicted octanol–water partition coefficient (Wildman–Crippen LogP) is 3.86. The van der Waals surface area contributed by atoms with Gasteiger partial charge < -0.3 is 10.1 Å². The number of nitrogens with zero attached hydrogens (tertiary/aromatic N) is 1. The number of methoxy groups -OCH3 is 1. The van der Waals surface area contributed by atoms with Crippen LogP contribution < -0.4 is 10.1 Å². The van der Waals surface area contributed by atoms with Crippen molar-refractivity contribution in [2.45, 2.75) is 19.9 Å². The molecule has 0 bridgehead atoms. The lowest BCUT2D eigenvalue weighted by molar-refractivity contribution is 0.414. The van der Waals surface area contributed by atoms with Crippen LogP contribution in [0.1, 0.15) is 29.8 Å². The highest BCUT2D eigenvalue weighted by Crippen LogP contribution is 2.27. The lowest BCUT2D eigenvalue weighted by atomic mass is 9.98. The van der Waals surface area contributed by atoms with Gasteiger partial charge >= 0.3 is 0 Å². The zero-order chi connectivity index (χ0) is 14.5. The van der Waals surface area contributed by atoms with Gasteiger partial charge in [-0.05, 0) is 64.8 Å². The van der Waals surface area contributed by atoms with Crippen LogP contribution in [-0.4, -0.2) is 18.6 Å². The first-order valence-corrected chi connectivity index (χ1v) is 7.44. The van der Waals surface area contributed by atoms with Gasteiger partial charge in [0.25, 0.3) is 0 Å². The number of hydrogen-bond donors (Lipinski definition) is 1. The molecule has 1 aromatic carbocycles. The molecule has 1 unspecified atom stereocenters. The van der Waals surface area contributed by atoms with Gasteiger partial charge in [-0.1, -0.05) is 13.0 Å². The van der Waals surface area contributed by atoms with Gasteiger partial charge in [-0.3, -0.25) is 4.98 Å². The summed E-state index contributed by atoms with van der Waals surface area (Å²) in [6.45, 7) is 5.08. The van der Waals surface area contributed by atoms with Crippen LogP contribution in [0.3, 0.4) is 0 Å². The molecule has 0 fully saturated rings. The van der Waals surface area contributed by atoms with E-state index in [-0.39, 0.29) is 6.04 Å². The van der Waals surface area contributed by atoms with E-state index in [4.69, 9.17) is 4.74 Å². The highest BCUT2D eigenvalue weighted by Gasteiger charge is 2.16. The minimum Gasteiger partial charge on any atom is -0.497 e. The van der Waals surface area contributed by atoms with E-state index in [2.05, 4.69) is 52.2 Å². The van der Waals surface area contributed by atoms with E-state index in [0.29, 0.717) is 0 Å². The lowest BCUT2D eigenvalue weighted by Crippen LogP contribution is -2.23. The summed E-state index contributed by atoms with van der Waals surface area (Å²) >= 11 is 3.42. The highest BCUT2D eigenvalue weighted by molar-refractivity contribution is 9.10. The Morgan fingerprint density at radius 1 is 1.30 bits per heavy atom. The molecule has 2 rings (SSSR count). The van der Waals surface area contributed by atoms with E-state index in [1.165, 1.54) is 11.1 Å². The normalized spacial score (nSPS) is 12.2. The van der Waals surface area contributed by atoms with Crippen molar-refractivity contribution in [1.29, 1.82) is 0 Å². The minimum absolute atomic E-state index is 0.0963. The molecule has 0 aliphatic rings. The summed E-state index contributed by atoms with van der Waals surface area (Å²) in [5.41, 5.74) is 3.44. The summed E-state index contributed by atoms with van der Waals surface area (Å²) in [7, 11) is 1.69. The molecule has 3 nitrogen and oxygen atoms in total. The van der Waals surface area contributed by atoms with E-state index in [9.17, 15) is 0 Å². The van der Waals surface area contributed by atoms with Crippen LogP contribution in [0.4, 0.5) is 0 Å². The van der Waals surface area contributed by atoms with E-state index in [0.717, 1.165) is 22.5 Å². The predicted molar refractivity (Wildman–Crippen MR) is 85.2 cm³/mol. The minimum atomic E-state index is 0.0963. The molecule has 0 radical (unpaired) electrons. The molecule has 1 N–H and O–H groups in total. The third kappa shape index (κ3) is 3.38. The summed E-state index contributed by atoms with van der Waals surface area (Å²) in [6.07, 6.45) is 1.83. The van der Waals surface area contributed by atoms with Crippen molar-refractivity contribution in [2.75, 3.05) is 13.7 Å². The maximum absolute atomic E-state index is 5.27. The Bertz CT molecular complexity index is 569. The molecule has 106 valence electrons. The van der Waals surface area contributed by atoms with E-state index in [1.54, 1.807) is 7.11 Å². The first-order valence-electron chi connectivity index (χ1n) is 6.65. The van der Waals surface area contributed by atoms with Gasteiger partial charge in [0, 0.05) is 10.7 Å². The van der Waals surface area contributed by atoms with Crippen molar-refractivity contribution < 1.29 is 4.74 Å². The number of halogens is 1. The quantitative estimate of drug-likeness (QED) is 0.901. The number of aryl methyl sites for hydroxylation is 1. The Morgan fingerprint density at radius 3 is 2.65 bits per heavy atom. The van der Waals surface area contributed by atoms with Gasteiger partial charge in [0.2, 0.25) is 0 Å². The molecule has 0 saturated heterocycles. The number of pyridine rings is 1. The molecular formula is C16H19BrN2O. The number of benzene rings is 1. The van der Waals surface area contributed by atoms with Crippen molar-refractivity contribution >= 4 is 15.9 Å². The standard InChI is InChI=1S/C16H19BrN2O/c1-4-18-16(15-8-5-12(17)10-19-15)14-7-6-13(20-3)9-11(14)2/h5-10,16,18H,4H2,1-3H3.